The summed E-state index contributed by atoms with van der Waals surface area (Å²) in [4.78, 5) is 0. The molecule has 1 fully saturated rings. The van der Waals surface area contributed by atoms with Crippen LogP contribution in [0.1, 0.15) is 51.9 Å². The molecular formula is C16H28ClN3. The van der Waals surface area contributed by atoms with Crippen LogP contribution in [0.25, 0.3) is 0 Å². The van der Waals surface area contributed by atoms with Gasteiger partial charge >= 0.3 is 0 Å². The fourth-order valence-electron chi connectivity index (χ4n) is 3.55. The van der Waals surface area contributed by atoms with Crippen molar-refractivity contribution in [3.05, 3.63) is 16.4 Å². The first-order valence-electron chi connectivity index (χ1n) is 8.09. The highest BCUT2D eigenvalue weighted by atomic mass is 35.5. The molecule has 1 aromatic heterocycles. The SMILES string of the molecule is CCNC1CCC(Cc2c(Cl)c(CC)nn2CC)C1C. The molecule has 4 heteroatoms. The zero-order chi connectivity index (χ0) is 14.7. The molecule has 114 valence electrons. The van der Waals surface area contributed by atoms with Crippen molar-refractivity contribution in [3.63, 3.8) is 0 Å². The molecule has 1 heterocycles. The largest absolute Gasteiger partial charge is 0.314 e. The smallest absolute Gasteiger partial charge is 0.0849 e. The second-order valence-corrected chi connectivity index (χ2v) is 6.32. The standard InChI is InChI=1S/C16H28ClN3/c1-5-13-16(17)15(20(7-3)19-13)10-12-8-9-14(11(12)4)18-6-2/h11-12,14,18H,5-10H2,1-4H3. The molecule has 1 saturated carbocycles. The van der Waals surface area contributed by atoms with E-state index in [0.29, 0.717) is 6.04 Å². The number of hydrogen-bond donors (Lipinski definition) is 1. The number of aryl methyl sites for hydroxylation is 2. The van der Waals surface area contributed by atoms with Crippen LogP contribution in [0.2, 0.25) is 5.02 Å². The van der Waals surface area contributed by atoms with Crippen LogP contribution in [-0.2, 0) is 19.4 Å². The predicted octanol–water partition coefficient (Wildman–Crippen LogP) is 3.69. The van der Waals surface area contributed by atoms with Crippen molar-refractivity contribution in [1.82, 2.24) is 15.1 Å². The number of hydrogen-bond acceptors (Lipinski definition) is 2. The molecule has 0 spiro atoms. The van der Waals surface area contributed by atoms with Gasteiger partial charge in [-0.1, -0.05) is 32.4 Å². The third kappa shape index (κ3) is 3.04. The van der Waals surface area contributed by atoms with E-state index in [9.17, 15) is 0 Å². The normalized spacial score (nSPS) is 26.4. The van der Waals surface area contributed by atoms with Crippen molar-refractivity contribution in [2.45, 2.75) is 66.0 Å². The van der Waals surface area contributed by atoms with Crippen LogP contribution in [0, 0.1) is 11.8 Å². The predicted molar refractivity (Wildman–Crippen MR) is 85.3 cm³/mol. The van der Waals surface area contributed by atoms with Gasteiger partial charge in [0.1, 0.15) is 0 Å². The third-order valence-corrected chi connectivity index (χ3v) is 5.28. The lowest BCUT2D eigenvalue weighted by atomic mass is 9.91. The molecule has 0 aliphatic heterocycles. The first-order chi connectivity index (χ1) is 9.62. The molecule has 3 unspecified atom stereocenters. The maximum absolute atomic E-state index is 6.53. The highest BCUT2D eigenvalue weighted by Gasteiger charge is 2.33. The summed E-state index contributed by atoms with van der Waals surface area (Å²) in [6.07, 6.45) is 4.57. The van der Waals surface area contributed by atoms with Gasteiger partial charge in [-0.3, -0.25) is 4.68 Å². The summed E-state index contributed by atoms with van der Waals surface area (Å²) in [6.45, 7) is 10.8. The second kappa shape index (κ2) is 6.95. The van der Waals surface area contributed by atoms with Crippen molar-refractivity contribution >= 4 is 11.6 Å². The Morgan fingerprint density at radius 2 is 2.05 bits per heavy atom. The maximum atomic E-state index is 6.53. The van der Waals surface area contributed by atoms with Gasteiger partial charge in [0.15, 0.2) is 0 Å². The van der Waals surface area contributed by atoms with Crippen LogP contribution in [0.5, 0.6) is 0 Å². The van der Waals surface area contributed by atoms with Gasteiger partial charge in [-0.15, -0.1) is 0 Å². The number of rotatable bonds is 6. The summed E-state index contributed by atoms with van der Waals surface area (Å²) in [6, 6.07) is 0.674. The van der Waals surface area contributed by atoms with Crippen LogP contribution in [0.15, 0.2) is 0 Å². The zero-order valence-corrected chi connectivity index (χ0v) is 14.0. The van der Waals surface area contributed by atoms with E-state index in [1.165, 1.54) is 18.5 Å². The van der Waals surface area contributed by atoms with Crippen LogP contribution in [0.3, 0.4) is 0 Å². The van der Waals surface area contributed by atoms with E-state index in [4.69, 9.17) is 11.6 Å². The lowest BCUT2D eigenvalue weighted by molar-refractivity contribution is 0.349. The minimum Gasteiger partial charge on any atom is -0.314 e. The molecule has 0 saturated heterocycles. The third-order valence-electron chi connectivity index (χ3n) is 4.84. The highest BCUT2D eigenvalue weighted by molar-refractivity contribution is 6.31. The van der Waals surface area contributed by atoms with Gasteiger partial charge < -0.3 is 5.32 Å². The molecular weight excluding hydrogens is 270 g/mol. The van der Waals surface area contributed by atoms with Gasteiger partial charge in [0.2, 0.25) is 0 Å². The van der Waals surface area contributed by atoms with E-state index in [0.717, 1.165) is 48.5 Å². The molecule has 20 heavy (non-hydrogen) atoms. The summed E-state index contributed by atoms with van der Waals surface area (Å²) >= 11 is 6.53. The summed E-state index contributed by atoms with van der Waals surface area (Å²) < 4.78 is 2.11. The minimum atomic E-state index is 0.674. The van der Waals surface area contributed by atoms with E-state index in [1.807, 2.05) is 0 Å². The highest BCUT2D eigenvalue weighted by Crippen LogP contribution is 2.36. The number of aromatic nitrogens is 2. The number of halogens is 1. The molecule has 0 radical (unpaired) electrons. The molecule has 0 aromatic carbocycles. The lowest BCUT2D eigenvalue weighted by Crippen LogP contribution is -2.32. The summed E-state index contributed by atoms with van der Waals surface area (Å²) in [5.74, 6) is 1.44. The zero-order valence-electron chi connectivity index (χ0n) is 13.2. The topological polar surface area (TPSA) is 29.9 Å². The van der Waals surface area contributed by atoms with Gasteiger partial charge in [-0.25, -0.2) is 0 Å². The Hall–Kier alpha value is -0.540. The Balaban J connectivity index is 2.12. The fourth-order valence-corrected chi connectivity index (χ4v) is 3.89. The summed E-state index contributed by atoms with van der Waals surface area (Å²) in [7, 11) is 0. The molecule has 3 atom stereocenters. The van der Waals surface area contributed by atoms with Gasteiger partial charge in [-0.05, 0) is 51.0 Å². The monoisotopic (exact) mass is 297 g/mol. The average molecular weight is 298 g/mol. The Kier molecular flexibility index (Phi) is 5.50. The maximum Gasteiger partial charge on any atom is 0.0849 e. The molecule has 0 amide bonds. The molecule has 2 rings (SSSR count). The van der Waals surface area contributed by atoms with E-state index in [-0.39, 0.29) is 0 Å². The first kappa shape index (κ1) is 15.8. The minimum absolute atomic E-state index is 0.674. The Morgan fingerprint density at radius 1 is 1.30 bits per heavy atom. The van der Waals surface area contributed by atoms with Crippen LogP contribution in [-0.4, -0.2) is 22.4 Å². The quantitative estimate of drug-likeness (QED) is 0.868. The van der Waals surface area contributed by atoms with Gasteiger partial charge in [0.25, 0.3) is 0 Å². The van der Waals surface area contributed by atoms with Gasteiger partial charge in [0.05, 0.1) is 16.4 Å². The van der Waals surface area contributed by atoms with Crippen molar-refractivity contribution in [2.24, 2.45) is 11.8 Å². The molecule has 1 N–H and O–H groups in total. The van der Waals surface area contributed by atoms with Crippen molar-refractivity contribution in [3.8, 4) is 0 Å². The molecule has 1 aliphatic carbocycles. The molecule has 0 bridgehead atoms. The number of nitrogens with one attached hydrogen (secondary N) is 1. The fraction of sp³-hybridized carbons (Fsp3) is 0.812. The second-order valence-electron chi connectivity index (χ2n) is 5.94. The summed E-state index contributed by atoms with van der Waals surface area (Å²) in [5.41, 5.74) is 2.30. The first-order valence-corrected chi connectivity index (χ1v) is 8.47. The average Bonchev–Trinajstić information content (AvgIpc) is 2.94. The number of nitrogens with zero attached hydrogens (tertiary/aromatic N) is 2. The van der Waals surface area contributed by atoms with Crippen molar-refractivity contribution in [1.29, 1.82) is 0 Å². The van der Waals surface area contributed by atoms with Crippen LogP contribution >= 0.6 is 11.6 Å². The molecule has 1 aliphatic rings. The molecule has 3 nitrogen and oxygen atoms in total. The molecule has 1 aromatic rings. The van der Waals surface area contributed by atoms with Crippen LogP contribution < -0.4 is 5.32 Å². The van der Waals surface area contributed by atoms with Crippen molar-refractivity contribution in [2.75, 3.05) is 6.54 Å². The Labute approximate surface area is 128 Å². The Morgan fingerprint density at radius 3 is 2.65 bits per heavy atom. The van der Waals surface area contributed by atoms with E-state index >= 15 is 0 Å². The van der Waals surface area contributed by atoms with Crippen LogP contribution in [0.4, 0.5) is 0 Å². The van der Waals surface area contributed by atoms with Gasteiger partial charge in [-0.2, -0.15) is 5.10 Å². The van der Waals surface area contributed by atoms with Crippen molar-refractivity contribution < 1.29 is 0 Å². The van der Waals surface area contributed by atoms with E-state index in [1.54, 1.807) is 0 Å². The Bertz CT molecular complexity index is 441. The van der Waals surface area contributed by atoms with E-state index < -0.39 is 0 Å². The van der Waals surface area contributed by atoms with E-state index in [2.05, 4.69) is 42.8 Å². The summed E-state index contributed by atoms with van der Waals surface area (Å²) in [5, 5.41) is 9.16. The lowest BCUT2D eigenvalue weighted by Gasteiger charge is -2.21. The van der Waals surface area contributed by atoms with Gasteiger partial charge in [0, 0.05) is 12.6 Å².